The number of fused-ring (bicyclic) bond motifs is 3. The molecule has 0 saturated carbocycles. The van der Waals surface area contributed by atoms with Crippen LogP contribution in [0.2, 0.25) is 0 Å². The monoisotopic (exact) mass is 386 g/mol. The Bertz CT molecular complexity index is 1010. The molecule has 1 aliphatic heterocycles. The van der Waals surface area contributed by atoms with E-state index < -0.39 is 0 Å². The Morgan fingerprint density at radius 1 is 1.31 bits per heavy atom. The third-order valence-electron chi connectivity index (χ3n) is 4.61. The molecule has 2 aromatic heterocycles. The van der Waals surface area contributed by atoms with E-state index in [4.69, 9.17) is 9.72 Å². The van der Waals surface area contributed by atoms with Crippen molar-refractivity contribution >= 4 is 33.3 Å². The minimum Gasteiger partial charge on any atom is -0.370 e. The molecule has 4 nitrogen and oxygen atoms in total. The van der Waals surface area contributed by atoms with Gasteiger partial charge in [0.2, 0.25) is 0 Å². The molecule has 1 aliphatic rings. The van der Waals surface area contributed by atoms with Gasteiger partial charge in [0.25, 0.3) is 5.56 Å². The van der Waals surface area contributed by atoms with Gasteiger partial charge in [0.1, 0.15) is 4.83 Å². The summed E-state index contributed by atoms with van der Waals surface area (Å²) in [5.74, 6) is 0.883. The molecule has 3 aromatic rings. The third-order valence-corrected chi connectivity index (χ3v) is 6.57. The van der Waals surface area contributed by atoms with Crippen LogP contribution in [-0.2, 0) is 24.3 Å². The zero-order valence-corrected chi connectivity index (χ0v) is 16.9. The van der Waals surface area contributed by atoms with Gasteiger partial charge in [-0.05, 0) is 30.7 Å². The maximum Gasteiger partial charge on any atom is 0.263 e. The summed E-state index contributed by atoms with van der Waals surface area (Å²) in [7, 11) is 0. The van der Waals surface area contributed by atoms with Crippen LogP contribution in [0.1, 0.15) is 36.8 Å². The first kappa shape index (κ1) is 17.8. The summed E-state index contributed by atoms with van der Waals surface area (Å²) in [5.41, 5.74) is 2.08. The first-order valence-corrected chi connectivity index (χ1v) is 10.6. The van der Waals surface area contributed by atoms with E-state index in [0.29, 0.717) is 13.2 Å². The number of hydrogen-bond donors (Lipinski definition) is 0. The van der Waals surface area contributed by atoms with E-state index >= 15 is 0 Å². The van der Waals surface area contributed by atoms with Crippen molar-refractivity contribution in [3.05, 3.63) is 56.7 Å². The zero-order chi connectivity index (χ0) is 18.3. The summed E-state index contributed by atoms with van der Waals surface area (Å²) in [6.45, 7) is 7.37. The molecule has 0 spiro atoms. The standard InChI is InChI=1S/C20H22N2O2S2/c1-4-25-19-21-17-16(14-10-20(2,3)24-12-15(14)26-17)18(23)22(19)11-13-8-6-5-7-9-13/h5-9H,4,10-12H2,1-3H3. The molecule has 0 atom stereocenters. The van der Waals surface area contributed by atoms with Crippen LogP contribution in [0, 0.1) is 0 Å². The van der Waals surface area contributed by atoms with Gasteiger partial charge < -0.3 is 4.74 Å². The minimum absolute atomic E-state index is 0.0741. The topological polar surface area (TPSA) is 44.1 Å². The Hall–Kier alpha value is -1.63. The number of thioether (sulfide) groups is 1. The van der Waals surface area contributed by atoms with E-state index in [1.54, 1.807) is 23.1 Å². The first-order chi connectivity index (χ1) is 12.5. The molecule has 4 rings (SSSR count). The molecule has 3 heterocycles. The maximum absolute atomic E-state index is 13.4. The highest BCUT2D eigenvalue weighted by atomic mass is 32.2. The van der Waals surface area contributed by atoms with Gasteiger partial charge in [-0.15, -0.1) is 11.3 Å². The van der Waals surface area contributed by atoms with Crippen LogP contribution in [0.3, 0.4) is 0 Å². The first-order valence-electron chi connectivity index (χ1n) is 8.84. The predicted molar refractivity (Wildman–Crippen MR) is 108 cm³/mol. The molecule has 0 amide bonds. The molecule has 0 bridgehead atoms. The fourth-order valence-corrected chi connectivity index (χ4v) is 5.22. The van der Waals surface area contributed by atoms with Gasteiger partial charge in [-0.1, -0.05) is 49.0 Å². The summed E-state index contributed by atoms with van der Waals surface area (Å²) in [4.78, 5) is 20.3. The van der Waals surface area contributed by atoms with E-state index in [-0.39, 0.29) is 11.2 Å². The van der Waals surface area contributed by atoms with Crippen molar-refractivity contribution in [3.63, 3.8) is 0 Å². The van der Waals surface area contributed by atoms with Crippen LogP contribution in [0.15, 0.2) is 40.3 Å². The van der Waals surface area contributed by atoms with Crippen molar-refractivity contribution in [1.29, 1.82) is 0 Å². The van der Waals surface area contributed by atoms with Crippen molar-refractivity contribution in [2.75, 3.05) is 5.75 Å². The lowest BCUT2D eigenvalue weighted by Gasteiger charge is -2.29. The van der Waals surface area contributed by atoms with E-state index in [2.05, 4.69) is 32.9 Å². The van der Waals surface area contributed by atoms with Crippen LogP contribution in [0.25, 0.3) is 10.2 Å². The van der Waals surface area contributed by atoms with Crippen LogP contribution >= 0.6 is 23.1 Å². The lowest BCUT2D eigenvalue weighted by molar-refractivity contribution is -0.0379. The molecular weight excluding hydrogens is 364 g/mol. The predicted octanol–water partition coefficient (Wildman–Crippen LogP) is 4.47. The average molecular weight is 387 g/mol. The second-order valence-corrected chi connectivity index (χ2v) is 9.43. The van der Waals surface area contributed by atoms with Gasteiger partial charge in [-0.2, -0.15) is 0 Å². The summed E-state index contributed by atoms with van der Waals surface area (Å²) >= 11 is 3.23. The largest absolute Gasteiger partial charge is 0.370 e. The van der Waals surface area contributed by atoms with Gasteiger partial charge in [0.05, 0.1) is 24.1 Å². The minimum atomic E-state index is -0.242. The van der Waals surface area contributed by atoms with E-state index in [1.165, 1.54) is 0 Å². The molecule has 6 heteroatoms. The third kappa shape index (κ3) is 3.21. The smallest absolute Gasteiger partial charge is 0.263 e. The number of benzene rings is 1. The number of hydrogen-bond acceptors (Lipinski definition) is 5. The van der Waals surface area contributed by atoms with E-state index in [1.807, 2.05) is 22.8 Å². The van der Waals surface area contributed by atoms with Gasteiger partial charge >= 0.3 is 0 Å². The van der Waals surface area contributed by atoms with Crippen LogP contribution in [0.4, 0.5) is 0 Å². The van der Waals surface area contributed by atoms with Crippen molar-refractivity contribution in [3.8, 4) is 0 Å². The lowest BCUT2D eigenvalue weighted by Crippen LogP contribution is -2.32. The summed E-state index contributed by atoms with van der Waals surface area (Å²) in [6, 6.07) is 10.1. The molecule has 136 valence electrons. The van der Waals surface area contributed by atoms with Crippen LogP contribution in [-0.4, -0.2) is 20.9 Å². The molecule has 1 aromatic carbocycles. The molecular formula is C20H22N2O2S2. The van der Waals surface area contributed by atoms with Gasteiger partial charge in [0.15, 0.2) is 5.16 Å². The Balaban J connectivity index is 1.91. The zero-order valence-electron chi connectivity index (χ0n) is 15.2. The highest BCUT2D eigenvalue weighted by Crippen LogP contribution is 2.37. The highest BCUT2D eigenvalue weighted by molar-refractivity contribution is 7.99. The highest BCUT2D eigenvalue weighted by Gasteiger charge is 2.31. The Labute approximate surface area is 161 Å². The van der Waals surface area contributed by atoms with Gasteiger partial charge in [-0.3, -0.25) is 9.36 Å². The summed E-state index contributed by atoms with van der Waals surface area (Å²) in [6.07, 6.45) is 0.755. The molecule has 0 unspecified atom stereocenters. The second-order valence-electron chi connectivity index (χ2n) is 7.11. The Kier molecular flexibility index (Phi) is 4.67. The van der Waals surface area contributed by atoms with Gasteiger partial charge in [-0.25, -0.2) is 4.98 Å². The number of thiophene rings is 1. The molecule has 0 aliphatic carbocycles. The lowest BCUT2D eigenvalue weighted by atomic mass is 9.94. The van der Waals surface area contributed by atoms with Crippen molar-refractivity contribution in [2.24, 2.45) is 0 Å². The summed E-state index contributed by atoms with van der Waals surface area (Å²) < 4.78 is 7.77. The maximum atomic E-state index is 13.4. The van der Waals surface area contributed by atoms with Crippen LogP contribution < -0.4 is 5.56 Å². The molecule has 0 fully saturated rings. The SMILES string of the molecule is CCSc1nc2sc3c(c2c(=O)n1Cc1ccccc1)CC(C)(C)OC3. The Morgan fingerprint density at radius 2 is 2.08 bits per heavy atom. The Morgan fingerprint density at radius 3 is 2.81 bits per heavy atom. The molecule has 26 heavy (non-hydrogen) atoms. The molecule has 0 N–H and O–H groups in total. The van der Waals surface area contributed by atoms with E-state index in [9.17, 15) is 4.79 Å². The quantitative estimate of drug-likeness (QED) is 0.490. The number of rotatable bonds is 4. The molecule has 0 saturated heterocycles. The second kappa shape index (κ2) is 6.83. The van der Waals surface area contributed by atoms with Crippen molar-refractivity contribution < 1.29 is 4.74 Å². The van der Waals surface area contributed by atoms with Crippen molar-refractivity contribution in [2.45, 2.75) is 51.1 Å². The van der Waals surface area contributed by atoms with Gasteiger partial charge in [0, 0.05) is 11.3 Å². The van der Waals surface area contributed by atoms with E-state index in [0.717, 1.165) is 43.6 Å². The fraction of sp³-hybridized carbons (Fsp3) is 0.400. The number of aromatic nitrogens is 2. The fourth-order valence-electron chi connectivity index (χ4n) is 3.35. The average Bonchev–Trinajstić information content (AvgIpc) is 2.96. The number of ether oxygens (including phenoxy) is 1. The molecule has 0 radical (unpaired) electrons. The van der Waals surface area contributed by atoms with Crippen molar-refractivity contribution in [1.82, 2.24) is 9.55 Å². The van der Waals surface area contributed by atoms with Crippen LogP contribution in [0.5, 0.6) is 0 Å². The number of nitrogens with zero attached hydrogens (tertiary/aromatic N) is 2. The normalized spacial score (nSPS) is 16.0. The summed E-state index contributed by atoms with van der Waals surface area (Å²) in [5, 5.41) is 1.59.